The lowest BCUT2D eigenvalue weighted by Gasteiger charge is -2.32. The van der Waals surface area contributed by atoms with Gasteiger partial charge in [0, 0.05) is 19.6 Å². The second-order valence-corrected chi connectivity index (χ2v) is 4.17. The lowest BCUT2D eigenvalue weighted by molar-refractivity contribution is -0.143. The fourth-order valence-electron chi connectivity index (χ4n) is 1.51. The van der Waals surface area contributed by atoms with Gasteiger partial charge in [-0.1, -0.05) is 6.92 Å². The summed E-state index contributed by atoms with van der Waals surface area (Å²) in [5.41, 5.74) is 0. The maximum Gasteiger partial charge on any atom is 0.307 e. The number of aliphatic carboxylic acids is 1. The van der Waals surface area contributed by atoms with Crippen molar-refractivity contribution in [3.05, 3.63) is 0 Å². The molecule has 0 aromatic heterocycles. The van der Waals surface area contributed by atoms with Crippen LogP contribution in [0, 0.1) is 5.92 Å². The van der Waals surface area contributed by atoms with Gasteiger partial charge in [0.2, 0.25) is 5.91 Å². The van der Waals surface area contributed by atoms with Crippen LogP contribution in [0.15, 0.2) is 0 Å². The topological polar surface area (TPSA) is 60.9 Å². The Morgan fingerprint density at radius 2 is 2.07 bits per heavy atom. The van der Waals surface area contributed by atoms with Gasteiger partial charge >= 0.3 is 5.97 Å². The van der Waals surface area contributed by atoms with Crippen LogP contribution in [-0.2, 0) is 9.59 Å². The molecule has 1 atom stereocenters. The molecule has 0 aromatic carbocycles. The lowest BCUT2D eigenvalue weighted by Crippen LogP contribution is -2.47. The van der Waals surface area contributed by atoms with E-state index in [1.54, 1.807) is 23.8 Å². The van der Waals surface area contributed by atoms with E-state index < -0.39 is 11.9 Å². The summed E-state index contributed by atoms with van der Waals surface area (Å²) >= 11 is 0. The van der Waals surface area contributed by atoms with Gasteiger partial charge in [-0.25, -0.2) is 0 Å². The van der Waals surface area contributed by atoms with Crippen LogP contribution in [0.2, 0.25) is 0 Å². The minimum Gasteiger partial charge on any atom is -0.481 e. The van der Waals surface area contributed by atoms with Gasteiger partial charge in [0.1, 0.15) is 0 Å². The molecule has 1 aliphatic rings. The summed E-state index contributed by atoms with van der Waals surface area (Å²) in [4.78, 5) is 25.7. The van der Waals surface area contributed by atoms with E-state index in [1.807, 2.05) is 0 Å². The number of carbonyl (C=O) groups is 2. The molecule has 1 rings (SSSR count). The van der Waals surface area contributed by atoms with Crippen molar-refractivity contribution >= 4 is 11.9 Å². The third kappa shape index (κ3) is 3.51. The Balaban J connectivity index is 2.25. The number of hydrogen-bond acceptors (Lipinski definition) is 3. The Kier molecular flexibility index (Phi) is 4.08. The van der Waals surface area contributed by atoms with Crippen LogP contribution < -0.4 is 0 Å². The van der Waals surface area contributed by atoms with Crippen LogP contribution in [-0.4, -0.2) is 60.0 Å². The second-order valence-electron chi connectivity index (χ2n) is 4.17. The summed E-state index contributed by atoms with van der Waals surface area (Å²) in [5, 5.41) is 8.71. The molecule has 0 saturated carbocycles. The zero-order valence-electron chi connectivity index (χ0n) is 9.27. The molecule has 1 aliphatic heterocycles. The second kappa shape index (κ2) is 5.11. The van der Waals surface area contributed by atoms with Gasteiger partial charge in [0.15, 0.2) is 0 Å². The van der Waals surface area contributed by atoms with Gasteiger partial charge in [-0.3, -0.25) is 14.5 Å². The number of carboxylic acid groups (broad SMARTS) is 1. The standard InChI is InChI=1S/C10H18N2O3/c1-8(10(14)15)6-11(2)7-9(13)12-4-3-5-12/h8H,3-7H2,1-2H3,(H,14,15). The fourth-order valence-corrected chi connectivity index (χ4v) is 1.51. The maximum absolute atomic E-state index is 11.5. The molecule has 86 valence electrons. The number of likely N-dealkylation sites (tertiary alicyclic amines) is 1. The van der Waals surface area contributed by atoms with Gasteiger partial charge < -0.3 is 10.0 Å². The van der Waals surface area contributed by atoms with Gasteiger partial charge in [0.05, 0.1) is 12.5 Å². The first-order valence-electron chi connectivity index (χ1n) is 5.20. The molecule has 5 nitrogen and oxygen atoms in total. The summed E-state index contributed by atoms with van der Waals surface area (Å²) in [6, 6.07) is 0. The molecule has 0 radical (unpaired) electrons. The molecule has 1 unspecified atom stereocenters. The van der Waals surface area contributed by atoms with E-state index in [1.165, 1.54) is 0 Å². The number of likely N-dealkylation sites (N-methyl/N-ethyl adjacent to an activating group) is 1. The number of amides is 1. The summed E-state index contributed by atoms with van der Waals surface area (Å²) < 4.78 is 0. The van der Waals surface area contributed by atoms with Gasteiger partial charge in [0.25, 0.3) is 0 Å². The average molecular weight is 214 g/mol. The Labute approximate surface area is 89.7 Å². The Morgan fingerprint density at radius 1 is 1.47 bits per heavy atom. The first-order chi connectivity index (χ1) is 7.00. The smallest absolute Gasteiger partial charge is 0.307 e. The van der Waals surface area contributed by atoms with Crippen LogP contribution in [0.1, 0.15) is 13.3 Å². The van der Waals surface area contributed by atoms with Crippen molar-refractivity contribution in [1.29, 1.82) is 0 Å². The Morgan fingerprint density at radius 3 is 2.47 bits per heavy atom. The monoisotopic (exact) mass is 214 g/mol. The Hall–Kier alpha value is -1.10. The van der Waals surface area contributed by atoms with Crippen molar-refractivity contribution in [3.63, 3.8) is 0 Å². The normalized spacial score (nSPS) is 17.4. The molecule has 0 aromatic rings. The molecule has 5 heteroatoms. The molecule has 0 bridgehead atoms. The SMILES string of the molecule is CC(CN(C)CC(=O)N1CCC1)C(=O)O. The maximum atomic E-state index is 11.5. The Bertz CT molecular complexity index is 251. The van der Waals surface area contributed by atoms with Gasteiger partial charge in [-0.15, -0.1) is 0 Å². The highest BCUT2D eigenvalue weighted by atomic mass is 16.4. The fraction of sp³-hybridized carbons (Fsp3) is 0.800. The van der Waals surface area contributed by atoms with Crippen molar-refractivity contribution in [2.45, 2.75) is 13.3 Å². The molecule has 1 N–H and O–H groups in total. The van der Waals surface area contributed by atoms with E-state index in [2.05, 4.69) is 0 Å². The molecule has 1 saturated heterocycles. The predicted octanol–water partition coefficient (Wildman–Crippen LogP) is -0.129. The molecular formula is C10H18N2O3. The number of rotatable bonds is 5. The summed E-state index contributed by atoms with van der Waals surface area (Å²) in [7, 11) is 1.77. The first kappa shape index (κ1) is 12.0. The van der Waals surface area contributed by atoms with Crippen molar-refractivity contribution in [1.82, 2.24) is 9.80 Å². The molecule has 15 heavy (non-hydrogen) atoms. The average Bonchev–Trinajstić information content (AvgIpc) is 1.99. The van der Waals surface area contributed by atoms with Gasteiger partial charge in [-0.2, -0.15) is 0 Å². The number of carbonyl (C=O) groups excluding carboxylic acids is 1. The van der Waals surface area contributed by atoms with E-state index in [0.29, 0.717) is 13.1 Å². The number of carboxylic acids is 1. The summed E-state index contributed by atoms with van der Waals surface area (Å²) in [5.74, 6) is -1.15. The zero-order chi connectivity index (χ0) is 11.4. The summed E-state index contributed by atoms with van der Waals surface area (Å²) in [6.45, 7) is 4.07. The number of hydrogen-bond donors (Lipinski definition) is 1. The third-order valence-corrected chi connectivity index (χ3v) is 2.62. The number of nitrogens with zero attached hydrogens (tertiary/aromatic N) is 2. The molecule has 0 aliphatic carbocycles. The van der Waals surface area contributed by atoms with Crippen LogP contribution in [0.4, 0.5) is 0 Å². The van der Waals surface area contributed by atoms with Gasteiger partial charge in [-0.05, 0) is 13.5 Å². The highest BCUT2D eigenvalue weighted by molar-refractivity contribution is 5.79. The van der Waals surface area contributed by atoms with Crippen molar-refractivity contribution in [3.8, 4) is 0 Å². The van der Waals surface area contributed by atoms with E-state index in [4.69, 9.17) is 5.11 Å². The lowest BCUT2D eigenvalue weighted by atomic mass is 10.1. The minimum absolute atomic E-state index is 0.0985. The van der Waals surface area contributed by atoms with Crippen LogP contribution in [0.3, 0.4) is 0 Å². The third-order valence-electron chi connectivity index (χ3n) is 2.62. The predicted molar refractivity (Wildman–Crippen MR) is 55.5 cm³/mol. The van der Waals surface area contributed by atoms with E-state index in [-0.39, 0.29) is 5.91 Å². The quantitative estimate of drug-likeness (QED) is 0.692. The van der Waals surface area contributed by atoms with Crippen LogP contribution in [0.5, 0.6) is 0 Å². The molecule has 1 amide bonds. The zero-order valence-corrected chi connectivity index (χ0v) is 9.27. The summed E-state index contributed by atoms with van der Waals surface area (Å²) in [6.07, 6.45) is 1.08. The molecule has 0 spiro atoms. The van der Waals surface area contributed by atoms with Crippen molar-refractivity contribution in [2.75, 3.05) is 33.2 Å². The van der Waals surface area contributed by atoms with Crippen LogP contribution >= 0.6 is 0 Å². The highest BCUT2D eigenvalue weighted by Crippen LogP contribution is 2.07. The van der Waals surface area contributed by atoms with E-state index in [0.717, 1.165) is 19.5 Å². The molecule has 1 fully saturated rings. The highest BCUT2D eigenvalue weighted by Gasteiger charge is 2.22. The van der Waals surface area contributed by atoms with E-state index >= 15 is 0 Å². The van der Waals surface area contributed by atoms with Crippen molar-refractivity contribution < 1.29 is 14.7 Å². The minimum atomic E-state index is -0.821. The van der Waals surface area contributed by atoms with Crippen LogP contribution in [0.25, 0.3) is 0 Å². The first-order valence-corrected chi connectivity index (χ1v) is 5.20. The molecule has 1 heterocycles. The molecular weight excluding hydrogens is 196 g/mol. The van der Waals surface area contributed by atoms with E-state index in [9.17, 15) is 9.59 Å². The van der Waals surface area contributed by atoms with Crippen molar-refractivity contribution in [2.24, 2.45) is 5.92 Å². The largest absolute Gasteiger partial charge is 0.481 e.